The van der Waals surface area contributed by atoms with E-state index in [2.05, 4.69) is 17.5 Å². The van der Waals surface area contributed by atoms with Crippen LogP contribution < -0.4 is 11.1 Å². The van der Waals surface area contributed by atoms with Crippen LogP contribution in [0.25, 0.3) is 0 Å². The summed E-state index contributed by atoms with van der Waals surface area (Å²) in [6.07, 6.45) is 3.09. The van der Waals surface area contributed by atoms with E-state index in [0.29, 0.717) is 0 Å². The highest BCUT2D eigenvalue weighted by Gasteiger charge is 2.18. The maximum atomic E-state index is 13.8. The Morgan fingerprint density at radius 2 is 1.90 bits per heavy atom. The highest BCUT2D eigenvalue weighted by molar-refractivity contribution is 7.80. The zero-order chi connectivity index (χ0) is 15.4. The van der Waals surface area contributed by atoms with Crippen molar-refractivity contribution < 1.29 is 13.6 Å². The molecule has 0 aromatic heterocycles. The summed E-state index contributed by atoms with van der Waals surface area (Å²) in [6.45, 7) is 1.37. The second-order valence-corrected chi connectivity index (χ2v) is 5.39. The third-order valence-corrected chi connectivity index (χ3v) is 3.71. The van der Waals surface area contributed by atoms with Gasteiger partial charge in [-0.1, -0.05) is 12.2 Å². The fraction of sp³-hybridized carbons (Fsp3) is 0.429. The Hall–Kier alpha value is -1.76. The molecular formula is C14H17F2N3OS. The first-order chi connectivity index (χ1) is 10.0. The van der Waals surface area contributed by atoms with Crippen molar-refractivity contribution in [3.05, 3.63) is 29.3 Å². The average Bonchev–Trinajstić information content (AvgIpc) is 2.49. The third kappa shape index (κ3) is 3.66. The number of carbonyl (C=O) groups excluding carboxylic acids is 1. The standard InChI is InChI=1S/C14H17F2N3OS/c15-12-9(14(17)21)4-5-10(13(12)16)18-8-11(20)19-6-2-1-3-7-19/h4-5,18H,1-3,6-8H2,(H2,17,21). The molecule has 3 N–H and O–H groups in total. The van der Waals surface area contributed by atoms with E-state index in [4.69, 9.17) is 5.73 Å². The summed E-state index contributed by atoms with van der Waals surface area (Å²) in [5.74, 6) is -2.29. The van der Waals surface area contributed by atoms with Crippen LogP contribution >= 0.6 is 12.2 Å². The largest absolute Gasteiger partial charge is 0.389 e. The zero-order valence-electron chi connectivity index (χ0n) is 11.5. The molecule has 1 aromatic carbocycles. The van der Waals surface area contributed by atoms with E-state index in [9.17, 15) is 13.6 Å². The molecule has 114 valence electrons. The fourth-order valence-corrected chi connectivity index (χ4v) is 2.46. The van der Waals surface area contributed by atoms with Crippen LogP contribution in [0.5, 0.6) is 0 Å². The van der Waals surface area contributed by atoms with Gasteiger partial charge in [-0.05, 0) is 31.4 Å². The number of anilines is 1. The Kier molecular flexibility index (Phi) is 5.06. The molecule has 0 aliphatic carbocycles. The summed E-state index contributed by atoms with van der Waals surface area (Å²) in [7, 11) is 0. The number of hydrogen-bond donors (Lipinski definition) is 2. The number of nitrogens with zero attached hydrogens (tertiary/aromatic N) is 1. The Labute approximate surface area is 127 Å². The molecule has 1 aliphatic rings. The third-order valence-electron chi connectivity index (χ3n) is 3.49. The van der Waals surface area contributed by atoms with E-state index in [1.807, 2.05) is 0 Å². The molecule has 1 saturated heterocycles. The normalized spacial score (nSPS) is 14.9. The van der Waals surface area contributed by atoms with Crippen LogP contribution in [0.4, 0.5) is 14.5 Å². The molecule has 1 heterocycles. The number of nitrogens with one attached hydrogen (secondary N) is 1. The van der Waals surface area contributed by atoms with Crippen molar-refractivity contribution in [2.75, 3.05) is 25.0 Å². The van der Waals surface area contributed by atoms with Gasteiger partial charge in [0, 0.05) is 18.7 Å². The van der Waals surface area contributed by atoms with Gasteiger partial charge in [0.05, 0.1) is 12.2 Å². The predicted octanol–water partition coefficient (Wildman–Crippen LogP) is 2.02. The Balaban J connectivity index is 2.01. The number of piperidine rings is 1. The first kappa shape index (κ1) is 15.6. The number of likely N-dealkylation sites (tertiary alicyclic amines) is 1. The highest BCUT2D eigenvalue weighted by Crippen LogP contribution is 2.20. The SMILES string of the molecule is NC(=S)c1ccc(NCC(=O)N2CCCCC2)c(F)c1F. The molecule has 0 spiro atoms. The molecule has 2 rings (SSSR count). The topological polar surface area (TPSA) is 58.4 Å². The zero-order valence-corrected chi connectivity index (χ0v) is 12.3. The van der Waals surface area contributed by atoms with Crippen molar-refractivity contribution in [2.24, 2.45) is 5.73 Å². The highest BCUT2D eigenvalue weighted by atomic mass is 32.1. The number of hydrogen-bond acceptors (Lipinski definition) is 3. The Morgan fingerprint density at radius 1 is 1.24 bits per heavy atom. The van der Waals surface area contributed by atoms with Crippen LogP contribution in [0.2, 0.25) is 0 Å². The summed E-state index contributed by atoms with van der Waals surface area (Å²) in [6, 6.07) is 2.63. The smallest absolute Gasteiger partial charge is 0.241 e. The van der Waals surface area contributed by atoms with Gasteiger partial charge in [0.15, 0.2) is 11.6 Å². The van der Waals surface area contributed by atoms with E-state index < -0.39 is 11.6 Å². The number of halogens is 2. The molecule has 0 atom stereocenters. The Morgan fingerprint density at radius 3 is 2.52 bits per heavy atom. The molecule has 1 aromatic rings. The maximum absolute atomic E-state index is 13.8. The van der Waals surface area contributed by atoms with Gasteiger partial charge in [-0.25, -0.2) is 8.78 Å². The maximum Gasteiger partial charge on any atom is 0.241 e. The van der Waals surface area contributed by atoms with Gasteiger partial charge in [0.2, 0.25) is 5.91 Å². The van der Waals surface area contributed by atoms with E-state index in [0.717, 1.165) is 32.4 Å². The van der Waals surface area contributed by atoms with Crippen LogP contribution in [0.15, 0.2) is 12.1 Å². The first-order valence-electron chi connectivity index (χ1n) is 6.80. The minimum Gasteiger partial charge on any atom is -0.389 e. The van der Waals surface area contributed by atoms with Gasteiger partial charge >= 0.3 is 0 Å². The quantitative estimate of drug-likeness (QED) is 0.835. The lowest BCUT2D eigenvalue weighted by molar-refractivity contribution is -0.130. The number of thiocarbonyl (C=S) groups is 1. The van der Waals surface area contributed by atoms with Gasteiger partial charge in [-0.3, -0.25) is 4.79 Å². The lowest BCUT2D eigenvalue weighted by atomic mass is 10.1. The molecular weight excluding hydrogens is 296 g/mol. The van der Waals surface area contributed by atoms with Gasteiger partial charge in [-0.15, -0.1) is 0 Å². The van der Waals surface area contributed by atoms with E-state index in [-0.39, 0.29) is 28.7 Å². The molecule has 0 unspecified atom stereocenters. The second-order valence-electron chi connectivity index (χ2n) is 4.95. The number of amides is 1. The average molecular weight is 313 g/mol. The van der Waals surface area contributed by atoms with E-state index in [1.165, 1.54) is 12.1 Å². The lowest BCUT2D eigenvalue weighted by Crippen LogP contribution is -2.39. The number of rotatable bonds is 4. The number of benzene rings is 1. The molecule has 1 aliphatic heterocycles. The van der Waals surface area contributed by atoms with Crippen molar-refractivity contribution in [3.8, 4) is 0 Å². The lowest BCUT2D eigenvalue weighted by Gasteiger charge is -2.27. The van der Waals surface area contributed by atoms with Gasteiger partial charge in [0.25, 0.3) is 0 Å². The Bertz CT molecular complexity index is 559. The van der Waals surface area contributed by atoms with Crippen LogP contribution in [0.1, 0.15) is 24.8 Å². The van der Waals surface area contributed by atoms with Crippen LogP contribution in [0.3, 0.4) is 0 Å². The predicted molar refractivity (Wildman–Crippen MR) is 81.2 cm³/mol. The number of carbonyl (C=O) groups is 1. The summed E-state index contributed by atoms with van der Waals surface area (Å²) in [5.41, 5.74) is 5.08. The van der Waals surface area contributed by atoms with Crippen molar-refractivity contribution in [3.63, 3.8) is 0 Å². The van der Waals surface area contributed by atoms with Crippen LogP contribution in [0, 0.1) is 11.6 Å². The van der Waals surface area contributed by atoms with Gasteiger partial charge in [0.1, 0.15) is 4.99 Å². The van der Waals surface area contributed by atoms with E-state index in [1.54, 1.807) is 4.90 Å². The summed E-state index contributed by atoms with van der Waals surface area (Å²) in [5, 5.41) is 2.63. The summed E-state index contributed by atoms with van der Waals surface area (Å²) < 4.78 is 27.6. The minimum absolute atomic E-state index is 0.0667. The van der Waals surface area contributed by atoms with Crippen LogP contribution in [-0.2, 0) is 4.79 Å². The fourth-order valence-electron chi connectivity index (χ4n) is 2.30. The van der Waals surface area contributed by atoms with Crippen LogP contribution in [-0.4, -0.2) is 35.4 Å². The monoisotopic (exact) mass is 313 g/mol. The van der Waals surface area contributed by atoms with Gasteiger partial charge < -0.3 is 16.0 Å². The summed E-state index contributed by atoms with van der Waals surface area (Å²) in [4.78, 5) is 13.5. The molecule has 21 heavy (non-hydrogen) atoms. The molecule has 1 amide bonds. The first-order valence-corrected chi connectivity index (χ1v) is 7.21. The number of nitrogens with two attached hydrogens (primary N) is 1. The van der Waals surface area contributed by atoms with Gasteiger partial charge in [-0.2, -0.15) is 0 Å². The molecule has 0 saturated carbocycles. The van der Waals surface area contributed by atoms with E-state index >= 15 is 0 Å². The van der Waals surface area contributed by atoms with Crippen molar-refractivity contribution >= 4 is 28.8 Å². The molecule has 1 fully saturated rings. The van der Waals surface area contributed by atoms with Crippen molar-refractivity contribution in [2.45, 2.75) is 19.3 Å². The van der Waals surface area contributed by atoms with Crippen molar-refractivity contribution in [1.29, 1.82) is 0 Å². The molecule has 0 radical (unpaired) electrons. The minimum atomic E-state index is -1.10. The molecule has 0 bridgehead atoms. The summed E-state index contributed by atoms with van der Waals surface area (Å²) >= 11 is 4.63. The second kappa shape index (κ2) is 6.80. The molecule has 4 nitrogen and oxygen atoms in total. The molecule has 7 heteroatoms. The van der Waals surface area contributed by atoms with Crippen molar-refractivity contribution in [1.82, 2.24) is 4.90 Å².